The summed E-state index contributed by atoms with van der Waals surface area (Å²) in [6, 6.07) is 10.3. The summed E-state index contributed by atoms with van der Waals surface area (Å²) in [6.07, 6.45) is 0. The van der Waals surface area contributed by atoms with Crippen molar-refractivity contribution < 1.29 is 19.4 Å². The second-order valence-corrected chi connectivity index (χ2v) is 7.43. The summed E-state index contributed by atoms with van der Waals surface area (Å²) in [5.74, 6) is 0.949. The molecule has 0 aliphatic carbocycles. The predicted molar refractivity (Wildman–Crippen MR) is 108 cm³/mol. The SMILES string of the molecule is COc1cccc(NC(=O)NCC(O)(c2ccsc2)c2cccs2)c1OC. The van der Waals surface area contributed by atoms with Crippen molar-refractivity contribution in [1.82, 2.24) is 5.32 Å². The molecule has 3 aromatic rings. The van der Waals surface area contributed by atoms with Gasteiger partial charge < -0.3 is 25.2 Å². The minimum absolute atomic E-state index is 0.0301. The zero-order valence-electron chi connectivity index (χ0n) is 14.9. The quantitative estimate of drug-likeness (QED) is 0.558. The van der Waals surface area contributed by atoms with Gasteiger partial charge in [-0.1, -0.05) is 12.1 Å². The summed E-state index contributed by atoms with van der Waals surface area (Å²) >= 11 is 2.94. The van der Waals surface area contributed by atoms with Crippen molar-refractivity contribution in [3.8, 4) is 11.5 Å². The van der Waals surface area contributed by atoms with E-state index in [-0.39, 0.29) is 6.54 Å². The molecule has 3 N–H and O–H groups in total. The highest BCUT2D eigenvalue weighted by Crippen LogP contribution is 2.35. The molecule has 0 fully saturated rings. The smallest absolute Gasteiger partial charge is 0.319 e. The third kappa shape index (κ3) is 4.08. The molecule has 0 aliphatic heterocycles. The van der Waals surface area contributed by atoms with Gasteiger partial charge in [0.2, 0.25) is 0 Å². The first-order valence-corrected chi connectivity index (χ1v) is 9.95. The monoisotopic (exact) mass is 404 g/mol. The number of amides is 2. The lowest BCUT2D eigenvalue weighted by molar-refractivity contribution is 0.0871. The van der Waals surface area contributed by atoms with Crippen LogP contribution in [-0.4, -0.2) is 31.9 Å². The van der Waals surface area contributed by atoms with Crippen LogP contribution in [0.3, 0.4) is 0 Å². The summed E-state index contributed by atoms with van der Waals surface area (Å²) < 4.78 is 10.6. The van der Waals surface area contributed by atoms with Gasteiger partial charge in [-0.05, 0) is 40.4 Å². The van der Waals surface area contributed by atoms with Crippen LogP contribution in [0.1, 0.15) is 10.4 Å². The highest BCUT2D eigenvalue weighted by atomic mass is 32.1. The van der Waals surface area contributed by atoms with E-state index in [1.54, 1.807) is 18.2 Å². The number of hydrogen-bond donors (Lipinski definition) is 3. The lowest BCUT2D eigenvalue weighted by Gasteiger charge is -2.27. The number of ether oxygens (including phenoxy) is 2. The van der Waals surface area contributed by atoms with Crippen molar-refractivity contribution in [1.29, 1.82) is 0 Å². The Hall–Kier alpha value is -2.55. The average molecular weight is 405 g/mol. The Morgan fingerprint density at radius 3 is 2.63 bits per heavy atom. The Balaban J connectivity index is 1.75. The topological polar surface area (TPSA) is 79.8 Å². The van der Waals surface area contributed by atoms with Gasteiger partial charge in [-0.3, -0.25) is 0 Å². The fourth-order valence-corrected chi connectivity index (χ4v) is 4.28. The maximum absolute atomic E-state index is 12.4. The predicted octanol–water partition coefficient (Wildman–Crippen LogP) is 3.88. The molecule has 1 unspecified atom stereocenters. The van der Waals surface area contributed by atoms with E-state index >= 15 is 0 Å². The molecule has 0 saturated carbocycles. The van der Waals surface area contributed by atoms with E-state index < -0.39 is 11.6 Å². The summed E-state index contributed by atoms with van der Waals surface area (Å²) in [4.78, 5) is 13.2. The minimum atomic E-state index is -1.29. The third-order valence-corrected chi connectivity index (χ3v) is 5.79. The van der Waals surface area contributed by atoms with Crippen LogP contribution in [0.5, 0.6) is 11.5 Å². The lowest BCUT2D eigenvalue weighted by Crippen LogP contribution is -2.42. The standard InChI is InChI=1S/C19H20N2O4S2/c1-24-15-6-3-5-14(17(15)25-2)21-18(22)20-12-19(23,13-8-10-26-11-13)16-7-4-9-27-16/h3-11,23H,12H2,1-2H3,(H2,20,21,22). The Kier molecular flexibility index (Phi) is 6.00. The van der Waals surface area contributed by atoms with Gasteiger partial charge in [0.05, 0.1) is 26.5 Å². The van der Waals surface area contributed by atoms with Crippen molar-refractivity contribution in [3.05, 3.63) is 63.0 Å². The number of hydrogen-bond acceptors (Lipinski definition) is 6. The van der Waals surface area contributed by atoms with Gasteiger partial charge in [0.15, 0.2) is 11.5 Å². The van der Waals surface area contributed by atoms with E-state index in [1.165, 1.54) is 36.9 Å². The van der Waals surface area contributed by atoms with Crippen LogP contribution in [0.2, 0.25) is 0 Å². The molecule has 142 valence electrons. The normalized spacial score (nSPS) is 12.9. The first kappa shape index (κ1) is 19.2. The molecule has 0 bridgehead atoms. The Labute approximate surface area is 165 Å². The van der Waals surface area contributed by atoms with Crippen molar-refractivity contribution in [2.24, 2.45) is 0 Å². The molecule has 2 aromatic heterocycles. The first-order chi connectivity index (χ1) is 13.1. The van der Waals surface area contributed by atoms with Crippen LogP contribution < -0.4 is 20.1 Å². The number of benzene rings is 1. The first-order valence-electron chi connectivity index (χ1n) is 8.13. The van der Waals surface area contributed by atoms with Crippen molar-refractivity contribution in [3.63, 3.8) is 0 Å². The second kappa shape index (κ2) is 8.43. The molecule has 2 heterocycles. The number of rotatable bonds is 7. The minimum Gasteiger partial charge on any atom is -0.493 e. The zero-order valence-corrected chi connectivity index (χ0v) is 16.5. The van der Waals surface area contributed by atoms with Crippen LogP contribution in [0.15, 0.2) is 52.5 Å². The molecule has 3 rings (SSSR count). The lowest BCUT2D eigenvalue weighted by atomic mass is 9.94. The number of urea groups is 1. The third-order valence-electron chi connectivity index (χ3n) is 4.08. The van der Waals surface area contributed by atoms with Gasteiger partial charge in [0.1, 0.15) is 5.60 Å². The molecule has 0 spiro atoms. The van der Waals surface area contributed by atoms with E-state index in [0.717, 1.165) is 10.4 Å². The van der Waals surface area contributed by atoms with E-state index in [4.69, 9.17) is 9.47 Å². The van der Waals surface area contributed by atoms with Gasteiger partial charge >= 0.3 is 6.03 Å². The molecule has 1 aromatic carbocycles. The maximum atomic E-state index is 12.4. The zero-order chi connectivity index (χ0) is 19.3. The summed E-state index contributed by atoms with van der Waals surface area (Å²) in [5, 5.41) is 22.4. The van der Waals surface area contributed by atoms with E-state index in [9.17, 15) is 9.90 Å². The van der Waals surface area contributed by atoms with E-state index in [1.807, 2.05) is 34.3 Å². The van der Waals surface area contributed by atoms with Gasteiger partial charge in [0.25, 0.3) is 0 Å². The summed E-state index contributed by atoms with van der Waals surface area (Å²) in [5.41, 5.74) is -0.0667. The highest BCUT2D eigenvalue weighted by Gasteiger charge is 2.33. The summed E-state index contributed by atoms with van der Waals surface area (Å²) in [7, 11) is 3.04. The fraction of sp³-hybridized carbons (Fsp3) is 0.211. The fourth-order valence-electron chi connectivity index (χ4n) is 2.71. The molecular formula is C19H20N2O4S2. The van der Waals surface area contributed by atoms with Gasteiger partial charge in [0, 0.05) is 10.4 Å². The molecule has 0 radical (unpaired) electrons. The number of methoxy groups -OCH3 is 2. The number of carbonyl (C=O) groups is 1. The van der Waals surface area contributed by atoms with Crippen LogP contribution in [-0.2, 0) is 5.60 Å². The summed E-state index contributed by atoms with van der Waals surface area (Å²) in [6.45, 7) is 0.0301. The largest absolute Gasteiger partial charge is 0.493 e. The van der Waals surface area contributed by atoms with E-state index in [0.29, 0.717) is 17.2 Å². The molecule has 8 heteroatoms. The Bertz CT molecular complexity index is 845. The van der Waals surface area contributed by atoms with Gasteiger partial charge in [-0.2, -0.15) is 11.3 Å². The molecule has 0 saturated heterocycles. The number of nitrogens with one attached hydrogen (secondary N) is 2. The highest BCUT2D eigenvalue weighted by molar-refractivity contribution is 7.10. The van der Waals surface area contributed by atoms with Crippen molar-refractivity contribution in [2.75, 3.05) is 26.1 Å². The molecule has 6 nitrogen and oxygen atoms in total. The second-order valence-electron chi connectivity index (χ2n) is 5.70. The Morgan fingerprint density at radius 2 is 2.00 bits per heavy atom. The number of carbonyl (C=O) groups excluding carboxylic acids is 1. The van der Waals surface area contributed by atoms with E-state index in [2.05, 4.69) is 10.6 Å². The maximum Gasteiger partial charge on any atom is 0.319 e. The molecule has 27 heavy (non-hydrogen) atoms. The van der Waals surface area contributed by atoms with Crippen LogP contribution in [0.4, 0.5) is 10.5 Å². The van der Waals surface area contributed by atoms with Crippen molar-refractivity contribution >= 4 is 34.4 Å². The van der Waals surface area contributed by atoms with Crippen LogP contribution >= 0.6 is 22.7 Å². The number of para-hydroxylation sites is 1. The van der Waals surface area contributed by atoms with Gasteiger partial charge in [-0.25, -0.2) is 4.79 Å². The number of anilines is 1. The molecule has 1 atom stereocenters. The number of aliphatic hydroxyl groups is 1. The Morgan fingerprint density at radius 1 is 1.15 bits per heavy atom. The molecular weight excluding hydrogens is 384 g/mol. The van der Waals surface area contributed by atoms with Crippen LogP contribution in [0, 0.1) is 0 Å². The molecule has 2 amide bonds. The average Bonchev–Trinajstić information content (AvgIpc) is 3.40. The number of thiophene rings is 2. The van der Waals surface area contributed by atoms with Crippen molar-refractivity contribution in [2.45, 2.75) is 5.60 Å². The van der Waals surface area contributed by atoms with Crippen LogP contribution in [0.25, 0.3) is 0 Å². The van der Waals surface area contributed by atoms with Gasteiger partial charge in [-0.15, -0.1) is 11.3 Å². The molecule has 0 aliphatic rings.